The van der Waals surface area contributed by atoms with Gasteiger partial charge in [0, 0.05) is 22.0 Å². The van der Waals surface area contributed by atoms with E-state index in [2.05, 4.69) is 4.98 Å². The van der Waals surface area contributed by atoms with Crippen LogP contribution in [-0.2, 0) is 11.3 Å². The number of halogens is 1. The second-order valence-electron chi connectivity index (χ2n) is 5.41. The fourth-order valence-electron chi connectivity index (χ4n) is 2.40. The van der Waals surface area contributed by atoms with E-state index in [1.165, 1.54) is 17.4 Å². The summed E-state index contributed by atoms with van der Waals surface area (Å²) in [6.07, 6.45) is 0. The molecule has 0 aliphatic carbocycles. The number of benzene rings is 1. The van der Waals surface area contributed by atoms with E-state index in [1.54, 1.807) is 19.1 Å². The second-order valence-corrected chi connectivity index (χ2v) is 7.02. The summed E-state index contributed by atoms with van der Waals surface area (Å²) in [5.41, 5.74) is 1.91. The van der Waals surface area contributed by atoms with Crippen molar-refractivity contribution in [3.05, 3.63) is 60.3 Å². The van der Waals surface area contributed by atoms with Crippen LogP contribution >= 0.6 is 22.9 Å². The van der Waals surface area contributed by atoms with Crippen molar-refractivity contribution in [2.75, 3.05) is 0 Å². The molecule has 1 aromatic carbocycles. The molecule has 0 aliphatic rings. The van der Waals surface area contributed by atoms with Crippen LogP contribution in [0.15, 0.2) is 27.4 Å². The van der Waals surface area contributed by atoms with Crippen molar-refractivity contribution < 1.29 is 13.9 Å². The molecule has 3 aromatic rings. The number of rotatable bonds is 3. The standard InChI is InChI=1S/C17H14ClNO4S/c1-8-4-14-12(6-13(8)18)11(5-15(20)23-14)7-22-17(21)16-9(2)19-10(3)24-16/h4-6H,7H2,1-3H3. The van der Waals surface area contributed by atoms with Gasteiger partial charge in [-0.3, -0.25) is 0 Å². The lowest BCUT2D eigenvalue weighted by atomic mass is 10.1. The maximum absolute atomic E-state index is 12.2. The zero-order chi connectivity index (χ0) is 17.4. The molecule has 124 valence electrons. The van der Waals surface area contributed by atoms with E-state index in [4.69, 9.17) is 20.8 Å². The van der Waals surface area contributed by atoms with Crippen molar-refractivity contribution in [2.45, 2.75) is 27.4 Å². The highest BCUT2D eigenvalue weighted by molar-refractivity contribution is 7.13. The van der Waals surface area contributed by atoms with Crippen LogP contribution in [0.2, 0.25) is 5.02 Å². The molecule has 0 saturated carbocycles. The average Bonchev–Trinajstić information content (AvgIpc) is 2.85. The van der Waals surface area contributed by atoms with Crippen molar-refractivity contribution in [3.8, 4) is 0 Å². The number of esters is 1. The van der Waals surface area contributed by atoms with E-state index in [9.17, 15) is 9.59 Å². The number of nitrogens with zero attached hydrogens (tertiary/aromatic N) is 1. The molecule has 7 heteroatoms. The molecule has 0 aliphatic heterocycles. The van der Waals surface area contributed by atoms with Crippen molar-refractivity contribution in [2.24, 2.45) is 0 Å². The quantitative estimate of drug-likeness (QED) is 0.515. The Morgan fingerprint density at radius 3 is 2.71 bits per heavy atom. The van der Waals surface area contributed by atoms with Gasteiger partial charge >= 0.3 is 11.6 Å². The van der Waals surface area contributed by atoms with Gasteiger partial charge in [-0.25, -0.2) is 14.6 Å². The predicted octanol–water partition coefficient (Wildman–Crippen LogP) is 4.19. The highest BCUT2D eigenvalue weighted by Crippen LogP contribution is 2.26. The molecular weight excluding hydrogens is 350 g/mol. The fraction of sp³-hybridized carbons (Fsp3) is 0.235. The van der Waals surface area contributed by atoms with Crippen LogP contribution in [0.4, 0.5) is 0 Å². The Morgan fingerprint density at radius 1 is 1.29 bits per heavy atom. The molecule has 2 heterocycles. The number of ether oxygens (including phenoxy) is 1. The zero-order valence-electron chi connectivity index (χ0n) is 13.3. The molecule has 0 radical (unpaired) electrons. The monoisotopic (exact) mass is 363 g/mol. The maximum Gasteiger partial charge on any atom is 0.350 e. The Kier molecular flexibility index (Phi) is 4.43. The molecule has 0 spiro atoms. The lowest BCUT2D eigenvalue weighted by Gasteiger charge is -2.08. The number of carbonyl (C=O) groups excluding carboxylic acids is 1. The van der Waals surface area contributed by atoms with Gasteiger partial charge in [-0.05, 0) is 38.5 Å². The van der Waals surface area contributed by atoms with Crippen LogP contribution in [0.5, 0.6) is 0 Å². The molecule has 0 fully saturated rings. The van der Waals surface area contributed by atoms with E-state index in [0.29, 0.717) is 32.1 Å². The van der Waals surface area contributed by atoms with Gasteiger partial charge in [0.15, 0.2) is 0 Å². The van der Waals surface area contributed by atoms with Gasteiger partial charge in [0.2, 0.25) is 0 Å². The Hall–Kier alpha value is -2.18. The summed E-state index contributed by atoms with van der Waals surface area (Å²) in [5, 5.41) is 2.00. The molecule has 24 heavy (non-hydrogen) atoms. The number of aryl methyl sites for hydroxylation is 3. The van der Waals surface area contributed by atoms with Gasteiger partial charge in [-0.1, -0.05) is 11.6 Å². The molecule has 0 unspecified atom stereocenters. The average molecular weight is 364 g/mol. The summed E-state index contributed by atoms with van der Waals surface area (Å²) in [4.78, 5) is 28.6. The van der Waals surface area contributed by atoms with Gasteiger partial charge < -0.3 is 9.15 Å². The van der Waals surface area contributed by atoms with Crippen LogP contribution in [0.25, 0.3) is 11.0 Å². The number of hydrogen-bond acceptors (Lipinski definition) is 6. The van der Waals surface area contributed by atoms with Gasteiger partial charge in [0.05, 0.1) is 10.7 Å². The summed E-state index contributed by atoms with van der Waals surface area (Å²) in [6, 6.07) is 4.72. The first-order chi connectivity index (χ1) is 11.3. The van der Waals surface area contributed by atoms with E-state index in [-0.39, 0.29) is 6.61 Å². The minimum absolute atomic E-state index is 0.0449. The molecule has 0 atom stereocenters. The Bertz CT molecular complexity index is 1010. The summed E-state index contributed by atoms with van der Waals surface area (Å²) < 4.78 is 10.5. The SMILES string of the molecule is Cc1nc(C)c(C(=O)OCc2cc(=O)oc3cc(C)c(Cl)cc23)s1. The van der Waals surface area contributed by atoms with Crippen molar-refractivity contribution >= 4 is 39.9 Å². The topological polar surface area (TPSA) is 69.4 Å². The molecule has 0 saturated heterocycles. The molecule has 2 aromatic heterocycles. The normalized spacial score (nSPS) is 11.0. The molecular formula is C17H14ClNO4S. The number of fused-ring (bicyclic) bond motifs is 1. The summed E-state index contributed by atoms with van der Waals surface area (Å²) in [7, 11) is 0. The Labute approximate surface area is 146 Å². The lowest BCUT2D eigenvalue weighted by Crippen LogP contribution is -2.08. The molecule has 5 nitrogen and oxygen atoms in total. The first-order valence-electron chi connectivity index (χ1n) is 7.19. The minimum Gasteiger partial charge on any atom is -0.457 e. The van der Waals surface area contributed by atoms with E-state index in [0.717, 1.165) is 10.6 Å². The largest absolute Gasteiger partial charge is 0.457 e. The van der Waals surface area contributed by atoms with Gasteiger partial charge in [0.1, 0.15) is 17.1 Å². The first-order valence-corrected chi connectivity index (χ1v) is 8.38. The number of hydrogen-bond donors (Lipinski definition) is 0. The number of thiazole rings is 1. The van der Waals surface area contributed by atoms with Crippen LogP contribution in [-0.4, -0.2) is 11.0 Å². The summed E-state index contributed by atoms with van der Waals surface area (Å²) >= 11 is 7.43. The van der Waals surface area contributed by atoms with Crippen LogP contribution in [0, 0.1) is 20.8 Å². The van der Waals surface area contributed by atoms with Crippen molar-refractivity contribution in [3.63, 3.8) is 0 Å². The molecule has 0 bridgehead atoms. The van der Waals surface area contributed by atoms with Crippen LogP contribution in [0.1, 0.15) is 31.5 Å². The third-order valence-corrected chi connectivity index (χ3v) is 5.02. The maximum atomic E-state index is 12.2. The van der Waals surface area contributed by atoms with Crippen molar-refractivity contribution in [1.82, 2.24) is 4.98 Å². The highest BCUT2D eigenvalue weighted by Gasteiger charge is 2.16. The Morgan fingerprint density at radius 2 is 2.04 bits per heavy atom. The molecule has 3 rings (SSSR count). The number of aromatic nitrogens is 1. The lowest BCUT2D eigenvalue weighted by molar-refractivity contribution is 0.0478. The van der Waals surface area contributed by atoms with Crippen LogP contribution in [0.3, 0.4) is 0 Å². The van der Waals surface area contributed by atoms with Crippen LogP contribution < -0.4 is 5.63 Å². The van der Waals surface area contributed by atoms with E-state index < -0.39 is 11.6 Å². The third-order valence-electron chi connectivity index (χ3n) is 3.56. The smallest absolute Gasteiger partial charge is 0.350 e. The van der Waals surface area contributed by atoms with Gasteiger partial charge in [-0.2, -0.15) is 0 Å². The van der Waals surface area contributed by atoms with Gasteiger partial charge in [-0.15, -0.1) is 11.3 Å². The minimum atomic E-state index is -0.500. The predicted molar refractivity (Wildman–Crippen MR) is 92.9 cm³/mol. The highest BCUT2D eigenvalue weighted by atomic mass is 35.5. The summed E-state index contributed by atoms with van der Waals surface area (Å²) in [5.74, 6) is -0.460. The first kappa shape index (κ1) is 16.7. The second kappa shape index (κ2) is 6.37. The van der Waals surface area contributed by atoms with E-state index >= 15 is 0 Å². The Balaban J connectivity index is 1.92. The van der Waals surface area contributed by atoms with E-state index in [1.807, 2.05) is 13.8 Å². The molecule has 0 amide bonds. The van der Waals surface area contributed by atoms with Gasteiger partial charge in [0.25, 0.3) is 0 Å². The zero-order valence-corrected chi connectivity index (χ0v) is 14.9. The van der Waals surface area contributed by atoms with Crippen molar-refractivity contribution in [1.29, 1.82) is 0 Å². The molecule has 0 N–H and O–H groups in total. The number of carbonyl (C=O) groups is 1. The third kappa shape index (κ3) is 3.20. The summed E-state index contributed by atoms with van der Waals surface area (Å²) in [6.45, 7) is 5.37. The fourth-order valence-corrected chi connectivity index (χ4v) is 3.37.